The normalized spacial score (nSPS) is 11.6. The molecule has 3 aromatic carbocycles. The number of carbonyl (C=O) groups is 2. The minimum absolute atomic E-state index is 0.113. The maximum Gasteiger partial charge on any atom is 0.326 e. The number of fused-ring (bicyclic) bond motifs is 1. The highest BCUT2D eigenvalue weighted by Crippen LogP contribution is 2.21. The monoisotopic (exact) mass is 434 g/mol. The van der Waals surface area contributed by atoms with Crippen molar-refractivity contribution in [2.45, 2.75) is 13.5 Å². The van der Waals surface area contributed by atoms with E-state index < -0.39 is 17.7 Å². The van der Waals surface area contributed by atoms with Gasteiger partial charge in [0.25, 0.3) is 5.91 Å². The van der Waals surface area contributed by atoms with Crippen LogP contribution in [-0.4, -0.2) is 23.1 Å². The second kappa shape index (κ2) is 9.06. The molecule has 156 valence electrons. The number of ether oxygens (including phenoxy) is 1. The van der Waals surface area contributed by atoms with Gasteiger partial charge in [0.15, 0.2) is 4.80 Å². The summed E-state index contributed by atoms with van der Waals surface area (Å²) in [5.41, 5.74) is 3.08. The van der Waals surface area contributed by atoms with Crippen LogP contribution in [0.15, 0.2) is 77.8 Å². The van der Waals surface area contributed by atoms with Crippen molar-refractivity contribution in [2.75, 3.05) is 6.61 Å². The van der Waals surface area contributed by atoms with Gasteiger partial charge in [-0.3, -0.25) is 9.59 Å². The largest absolute Gasteiger partial charge is 0.465 e. The molecule has 5 nitrogen and oxygen atoms in total. The number of thiazole rings is 1. The highest BCUT2D eigenvalue weighted by molar-refractivity contribution is 7.16. The van der Waals surface area contributed by atoms with Gasteiger partial charge in [-0.1, -0.05) is 53.8 Å². The number of aromatic nitrogens is 1. The van der Waals surface area contributed by atoms with Gasteiger partial charge in [-0.05, 0) is 48.4 Å². The zero-order valence-corrected chi connectivity index (χ0v) is 17.6. The van der Waals surface area contributed by atoms with Gasteiger partial charge in [0, 0.05) is 5.56 Å². The molecular weight excluding hydrogens is 415 g/mol. The number of carbonyl (C=O) groups excluding carboxylic acids is 2. The van der Waals surface area contributed by atoms with Crippen molar-refractivity contribution in [1.29, 1.82) is 0 Å². The molecule has 0 fully saturated rings. The summed E-state index contributed by atoms with van der Waals surface area (Å²) in [5, 5.41) is 0. The van der Waals surface area contributed by atoms with Gasteiger partial charge in [0.1, 0.15) is 12.4 Å². The van der Waals surface area contributed by atoms with E-state index in [0.717, 1.165) is 22.5 Å². The van der Waals surface area contributed by atoms with Crippen molar-refractivity contribution in [3.05, 3.63) is 89.0 Å². The SMILES string of the molecule is CCOC(=O)Cn1c(=NC(=O)c2ccc(-c3ccccc3)cc2)sc2cc(F)ccc21. The second-order valence-electron chi connectivity index (χ2n) is 6.75. The summed E-state index contributed by atoms with van der Waals surface area (Å²) in [6, 6.07) is 21.3. The summed E-state index contributed by atoms with van der Waals surface area (Å²) < 4.78 is 20.9. The van der Waals surface area contributed by atoms with Gasteiger partial charge in [0.2, 0.25) is 0 Å². The number of amides is 1. The van der Waals surface area contributed by atoms with Crippen LogP contribution in [-0.2, 0) is 16.1 Å². The average Bonchev–Trinajstić information content (AvgIpc) is 3.10. The van der Waals surface area contributed by atoms with Crippen molar-refractivity contribution in [3.63, 3.8) is 0 Å². The van der Waals surface area contributed by atoms with E-state index in [9.17, 15) is 14.0 Å². The third kappa shape index (κ3) is 4.62. The van der Waals surface area contributed by atoms with E-state index in [1.54, 1.807) is 29.7 Å². The maximum absolute atomic E-state index is 13.7. The van der Waals surface area contributed by atoms with Gasteiger partial charge < -0.3 is 9.30 Å². The lowest BCUT2D eigenvalue weighted by atomic mass is 10.0. The third-order valence-electron chi connectivity index (χ3n) is 4.67. The Morgan fingerprint density at radius 3 is 2.42 bits per heavy atom. The van der Waals surface area contributed by atoms with Crippen LogP contribution in [0.2, 0.25) is 0 Å². The van der Waals surface area contributed by atoms with Crippen LogP contribution in [0.5, 0.6) is 0 Å². The summed E-state index contributed by atoms with van der Waals surface area (Å²) in [6.07, 6.45) is 0. The summed E-state index contributed by atoms with van der Waals surface area (Å²) in [6.45, 7) is 1.85. The van der Waals surface area contributed by atoms with Crippen molar-refractivity contribution in [1.82, 2.24) is 4.57 Å². The Kier molecular flexibility index (Phi) is 6.04. The van der Waals surface area contributed by atoms with Gasteiger partial charge >= 0.3 is 5.97 Å². The lowest BCUT2D eigenvalue weighted by Gasteiger charge is -2.05. The van der Waals surface area contributed by atoms with E-state index in [-0.39, 0.29) is 13.2 Å². The first-order valence-corrected chi connectivity index (χ1v) is 10.6. The van der Waals surface area contributed by atoms with Crippen LogP contribution in [0.1, 0.15) is 17.3 Å². The standard InChI is InChI=1S/C24H19FN2O3S/c1-2-30-22(28)15-27-20-13-12-19(25)14-21(20)31-24(27)26-23(29)18-10-8-17(9-11-18)16-6-4-3-5-7-16/h3-14H,2,15H2,1H3. The van der Waals surface area contributed by atoms with Gasteiger partial charge in [0.05, 0.1) is 16.8 Å². The minimum atomic E-state index is -0.451. The Bertz CT molecular complexity index is 1310. The molecule has 0 aliphatic heterocycles. The molecule has 0 bridgehead atoms. The molecule has 0 N–H and O–H groups in total. The zero-order chi connectivity index (χ0) is 21.8. The van der Waals surface area contributed by atoms with Crippen molar-refractivity contribution in [3.8, 4) is 11.1 Å². The summed E-state index contributed by atoms with van der Waals surface area (Å²) >= 11 is 1.15. The van der Waals surface area contributed by atoms with Crippen LogP contribution in [0.25, 0.3) is 21.3 Å². The highest BCUT2D eigenvalue weighted by Gasteiger charge is 2.13. The topological polar surface area (TPSA) is 60.7 Å². The van der Waals surface area contributed by atoms with Crippen molar-refractivity contribution in [2.24, 2.45) is 4.99 Å². The molecule has 0 aliphatic rings. The van der Waals surface area contributed by atoms with Gasteiger partial charge in [-0.15, -0.1) is 0 Å². The minimum Gasteiger partial charge on any atom is -0.465 e. The van der Waals surface area contributed by atoms with E-state index in [1.165, 1.54) is 12.1 Å². The number of benzene rings is 3. The highest BCUT2D eigenvalue weighted by atomic mass is 32.1. The molecule has 0 saturated carbocycles. The van der Waals surface area contributed by atoms with Gasteiger partial charge in [-0.25, -0.2) is 4.39 Å². The Morgan fingerprint density at radius 1 is 1.00 bits per heavy atom. The molecule has 0 spiro atoms. The molecule has 4 rings (SSSR count). The fourth-order valence-corrected chi connectivity index (χ4v) is 4.26. The predicted octanol–water partition coefficient (Wildman–Crippen LogP) is 4.81. The van der Waals surface area contributed by atoms with Crippen molar-refractivity contribution < 1.29 is 18.7 Å². The molecular formula is C24H19FN2O3S. The maximum atomic E-state index is 13.7. The number of rotatable bonds is 5. The van der Waals surface area contributed by atoms with E-state index >= 15 is 0 Å². The number of nitrogens with zero attached hydrogens (tertiary/aromatic N) is 2. The summed E-state index contributed by atoms with van der Waals surface area (Å²) in [7, 11) is 0. The fourth-order valence-electron chi connectivity index (χ4n) is 3.21. The molecule has 0 unspecified atom stereocenters. The number of halogens is 1. The first-order valence-electron chi connectivity index (χ1n) is 9.74. The van der Waals surface area contributed by atoms with E-state index in [4.69, 9.17) is 4.74 Å². The number of hydrogen-bond acceptors (Lipinski definition) is 4. The molecule has 1 heterocycles. The first-order chi connectivity index (χ1) is 15.0. The van der Waals surface area contributed by atoms with E-state index in [1.807, 2.05) is 42.5 Å². The lowest BCUT2D eigenvalue weighted by Crippen LogP contribution is -2.23. The molecule has 0 atom stereocenters. The van der Waals surface area contributed by atoms with Crippen LogP contribution >= 0.6 is 11.3 Å². The summed E-state index contributed by atoms with van der Waals surface area (Å²) in [4.78, 5) is 29.4. The molecule has 31 heavy (non-hydrogen) atoms. The zero-order valence-electron chi connectivity index (χ0n) is 16.7. The second-order valence-corrected chi connectivity index (χ2v) is 7.76. The predicted molar refractivity (Wildman–Crippen MR) is 118 cm³/mol. The summed E-state index contributed by atoms with van der Waals surface area (Å²) in [5.74, 6) is -1.29. The molecule has 1 amide bonds. The smallest absolute Gasteiger partial charge is 0.326 e. The third-order valence-corrected chi connectivity index (χ3v) is 5.71. The van der Waals surface area contributed by atoms with Crippen LogP contribution in [0, 0.1) is 5.82 Å². The fraction of sp³-hybridized carbons (Fsp3) is 0.125. The van der Waals surface area contributed by atoms with E-state index in [2.05, 4.69) is 4.99 Å². The van der Waals surface area contributed by atoms with Crippen LogP contribution in [0.4, 0.5) is 4.39 Å². The van der Waals surface area contributed by atoms with Crippen LogP contribution in [0.3, 0.4) is 0 Å². The van der Waals surface area contributed by atoms with Gasteiger partial charge in [-0.2, -0.15) is 4.99 Å². The molecule has 0 aliphatic carbocycles. The Labute approximate surface area is 182 Å². The van der Waals surface area contributed by atoms with Crippen LogP contribution < -0.4 is 4.80 Å². The lowest BCUT2D eigenvalue weighted by molar-refractivity contribution is -0.143. The first kappa shape index (κ1) is 20.7. The molecule has 0 radical (unpaired) electrons. The molecule has 1 aromatic heterocycles. The molecule has 4 aromatic rings. The Hall–Kier alpha value is -3.58. The number of hydrogen-bond donors (Lipinski definition) is 0. The molecule has 0 saturated heterocycles. The van der Waals surface area contributed by atoms with E-state index in [0.29, 0.717) is 20.6 Å². The number of esters is 1. The Balaban J connectivity index is 1.70. The quantitative estimate of drug-likeness (QED) is 0.424. The van der Waals surface area contributed by atoms with Crippen molar-refractivity contribution >= 4 is 33.4 Å². The Morgan fingerprint density at radius 2 is 1.71 bits per heavy atom. The average molecular weight is 434 g/mol. The molecule has 7 heteroatoms.